The van der Waals surface area contributed by atoms with Crippen LogP contribution in [-0.4, -0.2) is 15.6 Å². The summed E-state index contributed by atoms with van der Waals surface area (Å²) in [6.45, 7) is 3.70. The number of carboxylic acid groups (broad SMARTS) is 1. The molecule has 0 unspecified atom stereocenters. The first-order valence-corrected chi connectivity index (χ1v) is 6.16. The van der Waals surface area contributed by atoms with E-state index in [1.165, 1.54) is 0 Å². The van der Waals surface area contributed by atoms with Gasteiger partial charge < -0.3 is 9.67 Å². The van der Waals surface area contributed by atoms with E-state index in [2.05, 4.69) is 0 Å². The van der Waals surface area contributed by atoms with Crippen LogP contribution in [0.4, 0.5) is 0 Å². The van der Waals surface area contributed by atoms with Gasteiger partial charge in [-0.1, -0.05) is 18.2 Å². The topological polar surface area (TPSA) is 42.2 Å². The van der Waals surface area contributed by atoms with Crippen molar-refractivity contribution in [1.82, 2.24) is 4.57 Å². The number of rotatable bonds is 3. The van der Waals surface area contributed by atoms with Crippen LogP contribution in [0, 0.1) is 13.8 Å². The highest BCUT2D eigenvalue weighted by atomic mass is 35.5. The zero-order valence-corrected chi connectivity index (χ0v) is 11.0. The normalized spacial score (nSPS) is 10.6. The largest absolute Gasteiger partial charge is 0.478 e. The second-order valence-corrected chi connectivity index (χ2v) is 4.40. The highest BCUT2D eigenvalue weighted by molar-refractivity contribution is 6.17. The van der Waals surface area contributed by atoms with Crippen LogP contribution in [-0.2, 0) is 5.88 Å². The molecule has 2 aromatic rings. The molecule has 18 heavy (non-hydrogen) atoms. The zero-order chi connectivity index (χ0) is 13.3. The Morgan fingerprint density at radius 2 is 1.83 bits per heavy atom. The fourth-order valence-corrected chi connectivity index (χ4v) is 2.64. The molecule has 1 N–H and O–H groups in total. The number of carboxylic acids is 1. The van der Waals surface area contributed by atoms with E-state index in [0.29, 0.717) is 16.8 Å². The van der Waals surface area contributed by atoms with Gasteiger partial charge in [0.15, 0.2) is 0 Å². The molecule has 0 atom stereocenters. The van der Waals surface area contributed by atoms with Crippen LogP contribution in [0.5, 0.6) is 0 Å². The van der Waals surface area contributed by atoms with E-state index in [1.807, 2.05) is 41.8 Å². The van der Waals surface area contributed by atoms with Gasteiger partial charge in [-0.3, -0.25) is 0 Å². The molecular formula is C14H14ClNO2. The lowest BCUT2D eigenvalue weighted by Gasteiger charge is -2.09. The molecule has 0 aliphatic heterocycles. The average molecular weight is 264 g/mol. The van der Waals surface area contributed by atoms with Gasteiger partial charge in [-0.15, -0.1) is 11.6 Å². The van der Waals surface area contributed by atoms with Crippen LogP contribution in [0.1, 0.15) is 27.3 Å². The smallest absolute Gasteiger partial charge is 0.337 e. The molecular weight excluding hydrogens is 250 g/mol. The van der Waals surface area contributed by atoms with E-state index in [4.69, 9.17) is 11.6 Å². The van der Waals surface area contributed by atoms with Gasteiger partial charge in [0.05, 0.1) is 11.4 Å². The van der Waals surface area contributed by atoms with Crippen LogP contribution in [0.25, 0.3) is 5.69 Å². The summed E-state index contributed by atoms with van der Waals surface area (Å²) in [5.41, 5.74) is 3.54. The Bertz CT molecular complexity index is 588. The Balaban J connectivity index is 2.74. The Kier molecular flexibility index (Phi) is 3.43. The van der Waals surface area contributed by atoms with E-state index in [1.54, 1.807) is 6.92 Å². The third-order valence-corrected chi connectivity index (χ3v) is 3.40. The summed E-state index contributed by atoms with van der Waals surface area (Å²) in [7, 11) is 0. The summed E-state index contributed by atoms with van der Waals surface area (Å²) in [5, 5.41) is 9.29. The van der Waals surface area contributed by atoms with Crippen LogP contribution < -0.4 is 0 Å². The number of nitrogens with zero attached hydrogens (tertiary/aromatic N) is 1. The van der Waals surface area contributed by atoms with Gasteiger partial charge in [0.2, 0.25) is 0 Å². The van der Waals surface area contributed by atoms with Gasteiger partial charge in [-0.25, -0.2) is 4.79 Å². The summed E-state index contributed by atoms with van der Waals surface area (Å²) in [4.78, 5) is 11.3. The minimum absolute atomic E-state index is 0.203. The number of aromatic carboxylic acids is 1. The van der Waals surface area contributed by atoms with E-state index in [0.717, 1.165) is 11.4 Å². The summed E-state index contributed by atoms with van der Waals surface area (Å²) in [6.07, 6.45) is 0. The third-order valence-electron chi connectivity index (χ3n) is 3.13. The molecule has 94 valence electrons. The van der Waals surface area contributed by atoms with Crippen LogP contribution >= 0.6 is 11.6 Å². The molecule has 0 amide bonds. The Labute approximate surface area is 111 Å². The molecule has 1 aromatic carbocycles. The lowest BCUT2D eigenvalue weighted by atomic mass is 10.1. The maximum Gasteiger partial charge on any atom is 0.337 e. The highest BCUT2D eigenvalue weighted by Crippen LogP contribution is 2.27. The molecule has 2 rings (SSSR count). The fraction of sp³-hybridized carbons (Fsp3) is 0.214. The van der Waals surface area contributed by atoms with Gasteiger partial charge in [0, 0.05) is 22.6 Å². The van der Waals surface area contributed by atoms with Crippen molar-refractivity contribution < 1.29 is 9.90 Å². The number of hydrogen-bond acceptors (Lipinski definition) is 1. The third kappa shape index (κ3) is 1.91. The minimum atomic E-state index is -0.930. The molecule has 0 aliphatic rings. The van der Waals surface area contributed by atoms with E-state index < -0.39 is 5.97 Å². The predicted octanol–water partition coefficient (Wildman–Crippen LogP) is 3.53. The van der Waals surface area contributed by atoms with Gasteiger partial charge in [-0.05, 0) is 26.0 Å². The van der Waals surface area contributed by atoms with Crippen molar-refractivity contribution in [1.29, 1.82) is 0 Å². The average Bonchev–Trinajstić information content (AvgIpc) is 2.61. The molecule has 0 bridgehead atoms. The number of aromatic nitrogens is 1. The highest BCUT2D eigenvalue weighted by Gasteiger charge is 2.22. The Morgan fingerprint density at radius 1 is 1.22 bits per heavy atom. The van der Waals surface area contributed by atoms with Gasteiger partial charge in [0.1, 0.15) is 0 Å². The molecule has 0 radical (unpaired) electrons. The maximum absolute atomic E-state index is 11.3. The van der Waals surface area contributed by atoms with Gasteiger partial charge in [-0.2, -0.15) is 0 Å². The van der Waals surface area contributed by atoms with Crippen LogP contribution in [0.15, 0.2) is 30.3 Å². The number of alkyl halides is 1. The van der Waals surface area contributed by atoms with Gasteiger partial charge in [0.25, 0.3) is 0 Å². The summed E-state index contributed by atoms with van der Waals surface area (Å²) < 4.78 is 1.93. The molecule has 1 heterocycles. The fourth-order valence-electron chi connectivity index (χ4n) is 2.31. The van der Waals surface area contributed by atoms with E-state index in [-0.39, 0.29) is 5.88 Å². The van der Waals surface area contributed by atoms with E-state index in [9.17, 15) is 9.90 Å². The quantitative estimate of drug-likeness (QED) is 0.861. The van der Waals surface area contributed by atoms with Crippen molar-refractivity contribution in [3.63, 3.8) is 0 Å². The second-order valence-electron chi connectivity index (χ2n) is 4.13. The first-order valence-electron chi connectivity index (χ1n) is 5.63. The molecule has 0 saturated carbocycles. The van der Waals surface area contributed by atoms with Crippen molar-refractivity contribution in [3.05, 3.63) is 52.8 Å². The summed E-state index contributed by atoms with van der Waals surface area (Å²) in [6, 6.07) is 9.68. The number of para-hydroxylation sites is 1. The molecule has 0 fully saturated rings. The molecule has 1 aromatic heterocycles. The minimum Gasteiger partial charge on any atom is -0.478 e. The van der Waals surface area contributed by atoms with E-state index >= 15 is 0 Å². The maximum atomic E-state index is 11.3. The molecule has 4 heteroatoms. The zero-order valence-electron chi connectivity index (χ0n) is 10.3. The van der Waals surface area contributed by atoms with Crippen molar-refractivity contribution in [3.8, 4) is 5.69 Å². The first-order chi connectivity index (χ1) is 8.57. The first kappa shape index (κ1) is 12.7. The number of carbonyl (C=O) groups is 1. The van der Waals surface area contributed by atoms with Gasteiger partial charge >= 0.3 is 5.97 Å². The Morgan fingerprint density at radius 3 is 2.28 bits per heavy atom. The predicted molar refractivity (Wildman–Crippen MR) is 71.8 cm³/mol. The number of hydrogen-bond donors (Lipinski definition) is 1. The summed E-state index contributed by atoms with van der Waals surface area (Å²) in [5.74, 6) is -0.727. The number of benzene rings is 1. The molecule has 0 spiro atoms. The van der Waals surface area contributed by atoms with Crippen molar-refractivity contribution in [2.24, 2.45) is 0 Å². The Hall–Kier alpha value is -1.74. The van der Waals surface area contributed by atoms with Crippen molar-refractivity contribution in [2.45, 2.75) is 19.7 Å². The van der Waals surface area contributed by atoms with Crippen molar-refractivity contribution in [2.75, 3.05) is 0 Å². The summed E-state index contributed by atoms with van der Waals surface area (Å²) >= 11 is 5.88. The molecule has 0 saturated heterocycles. The second kappa shape index (κ2) is 4.86. The monoisotopic (exact) mass is 263 g/mol. The SMILES string of the molecule is Cc1c(CCl)c(C(=O)O)c(C)n1-c1ccccc1. The lowest BCUT2D eigenvalue weighted by Crippen LogP contribution is -2.02. The standard InChI is InChI=1S/C14H14ClNO2/c1-9-12(8-15)13(14(17)18)10(2)16(9)11-6-4-3-5-7-11/h3-7H,8H2,1-2H3,(H,17,18). The lowest BCUT2D eigenvalue weighted by molar-refractivity contribution is 0.0695. The number of halogens is 1. The van der Waals surface area contributed by atoms with Crippen LogP contribution in [0.2, 0.25) is 0 Å². The van der Waals surface area contributed by atoms with Crippen LogP contribution in [0.3, 0.4) is 0 Å². The van der Waals surface area contributed by atoms with Crippen molar-refractivity contribution >= 4 is 17.6 Å². The molecule has 0 aliphatic carbocycles. The molecule has 3 nitrogen and oxygen atoms in total.